The molecule has 2 amide bonds. The molecule has 6 nitrogen and oxygen atoms in total. The van der Waals surface area contributed by atoms with E-state index in [4.69, 9.17) is 4.74 Å². The van der Waals surface area contributed by atoms with Crippen molar-refractivity contribution in [3.05, 3.63) is 54.1 Å². The van der Waals surface area contributed by atoms with Crippen LogP contribution in [-0.4, -0.2) is 29.6 Å². The summed E-state index contributed by atoms with van der Waals surface area (Å²) < 4.78 is 43.2. The van der Waals surface area contributed by atoms with Crippen LogP contribution >= 0.6 is 11.8 Å². The van der Waals surface area contributed by atoms with Crippen LogP contribution in [0, 0.1) is 0 Å². The lowest BCUT2D eigenvalue weighted by Crippen LogP contribution is -2.32. The van der Waals surface area contributed by atoms with Gasteiger partial charge in [-0.25, -0.2) is 0 Å². The molecule has 2 aromatic rings. The molecule has 3 rings (SSSR count). The van der Waals surface area contributed by atoms with Crippen LogP contribution in [0.15, 0.2) is 53.4 Å². The molecular formula is C19H15F3N2O4S. The van der Waals surface area contributed by atoms with Gasteiger partial charge in [-0.2, -0.15) is 13.2 Å². The maximum Gasteiger partial charge on any atom is 0.416 e. The van der Waals surface area contributed by atoms with Gasteiger partial charge < -0.3 is 15.4 Å². The number of benzene rings is 2. The number of hydrogen-bond acceptors (Lipinski definition) is 5. The number of carbonyl (C=O) groups is 3. The van der Waals surface area contributed by atoms with Gasteiger partial charge in [0, 0.05) is 10.6 Å². The van der Waals surface area contributed by atoms with Crippen molar-refractivity contribution in [3.63, 3.8) is 0 Å². The summed E-state index contributed by atoms with van der Waals surface area (Å²) in [6.07, 6.45) is -4.85. The van der Waals surface area contributed by atoms with Crippen LogP contribution < -0.4 is 10.6 Å². The molecule has 1 aliphatic heterocycles. The summed E-state index contributed by atoms with van der Waals surface area (Å²) in [5.41, 5.74) is -0.285. The molecule has 10 heteroatoms. The molecule has 0 aromatic heterocycles. The molecule has 1 aliphatic rings. The van der Waals surface area contributed by atoms with Gasteiger partial charge in [0.25, 0.3) is 5.91 Å². The number of nitrogens with one attached hydrogen (secondary N) is 2. The lowest BCUT2D eigenvalue weighted by atomic mass is 10.1. The smallest absolute Gasteiger partial charge is 0.416 e. The Balaban J connectivity index is 1.53. The maximum atomic E-state index is 12.8. The van der Waals surface area contributed by atoms with Gasteiger partial charge in [-0.1, -0.05) is 18.2 Å². The predicted molar refractivity (Wildman–Crippen MR) is 100 cm³/mol. The Hall–Kier alpha value is -3.01. The zero-order valence-electron chi connectivity index (χ0n) is 14.8. The lowest BCUT2D eigenvalue weighted by molar-refractivity contribution is -0.147. The summed E-state index contributed by atoms with van der Waals surface area (Å²) in [5.74, 6) is -1.90. The Kier molecular flexibility index (Phi) is 6.12. The van der Waals surface area contributed by atoms with Crippen LogP contribution in [0.4, 0.5) is 24.5 Å². The van der Waals surface area contributed by atoms with E-state index >= 15 is 0 Å². The van der Waals surface area contributed by atoms with Crippen LogP contribution in [-0.2, 0) is 25.3 Å². The summed E-state index contributed by atoms with van der Waals surface area (Å²) >= 11 is 0.969. The van der Waals surface area contributed by atoms with Gasteiger partial charge >= 0.3 is 12.1 Å². The summed E-state index contributed by atoms with van der Waals surface area (Å²) in [6.45, 7) is -0.516. The summed E-state index contributed by atoms with van der Waals surface area (Å²) in [6, 6.07) is 11.6. The Labute approximate surface area is 167 Å². The number of carbonyl (C=O) groups excluding carboxylic acids is 3. The van der Waals surface area contributed by atoms with Crippen LogP contribution in [0.25, 0.3) is 0 Å². The molecule has 0 aliphatic carbocycles. The van der Waals surface area contributed by atoms with Crippen molar-refractivity contribution in [2.45, 2.75) is 22.7 Å². The average Bonchev–Trinajstić information content (AvgIpc) is 2.66. The Morgan fingerprint density at radius 2 is 1.86 bits per heavy atom. The van der Waals surface area contributed by atoms with Gasteiger partial charge in [-0.05, 0) is 30.3 Å². The minimum atomic E-state index is -4.52. The molecule has 0 radical (unpaired) electrons. The first-order valence-corrected chi connectivity index (χ1v) is 9.29. The number of fused-ring (bicyclic) bond motifs is 1. The van der Waals surface area contributed by atoms with Gasteiger partial charge in [0.15, 0.2) is 6.61 Å². The van der Waals surface area contributed by atoms with E-state index in [0.717, 1.165) is 23.9 Å². The molecule has 1 heterocycles. The molecule has 2 N–H and O–H groups in total. The van der Waals surface area contributed by atoms with E-state index in [9.17, 15) is 27.6 Å². The fraction of sp³-hybridized carbons (Fsp3) is 0.211. The number of para-hydroxylation sites is 1. The number of ether oxygens (including phenoxy) is 1. The first-order chi connectivity index (χ1) is 13.7. The minimum absolute atomic E-state index is 0.0432. The Morgan fingerprint density at radius 1 is 1.14 bits per heavy atom. The van der Waals surface area contributed by atoms with Crippen molar-refractivity contribution in [1.82, 2.24) is 0 Å². The topological polar surface area (TPSA) is 84.5 Å². The van der Waals surface area contributed by atoms with Crippen LogP contribution in [0.1, 0.15) is 12.0 Å². The molecule has 0 saturated heterocycles. The fourth-order valence-corrected chi connectivity index (χ4v) is 3.61. The molecule has 29 heavy (non-hydrogen) atoms. The highest BCUT2D eigenvalue weighted by Gasteiger charge is 2.34. The standard InChI is InChI=1S/C19H15F3N2O4S/c20-19(21,22)11-6-7-14-13(8-11)24-18(27)15(29-14)9-17(26)28-10-16(25)23-12-4-2-1-3-5-12/h1-8,15H,9-10H2,(H,23,25)(H,24,27). The zero-order valence-corrected chi connectivity index (χ0v) is 15.6. The molecular weight excluding hydrogens is 409 g/mol. The minimum Gasteiger partial charge on any atom is -0.456 e. The molecule has 0 spiro atoms. The highest BCUT2D eigenvalue weighted by atomic mass is 32.2. The highest BCUT2D eigenvalue weighted by Crippen LogP contribution is 2.40. The van der Waals surface area contributed by atoms with E-state index < -0.39 is 41.4 Å². The van der Waals surface area contributed by atoms with Crippen molar-refractivity contribution in [2.24, 2.45) is 0 Å². The monoisotopic (exact) mass is 424 g/mol. The third-order valence-electron chi connectivity index (χ3n) is 3.90. The number of alkyl halides is 3. The Bertz CT molecular complexity index is 935. The zero-order chi connectivity index (χ0) is 21.0. The second-order valence-electron chi connectivity index (χ2n) is 6.08. The van der Waals surface area contributed by atoms with Gasteiger partial charge in [-0.3, -0.25) is 14.4 Å². The maximum absolute atomic E-state index is 12.8. The van der Waals surface area contributed by atoms with Crippen molar-refractivity contribution in [3.8, 4) is 0 Å². The second-order valence-corrected chi connectivity index (χ2v) is 7.33. The quantitative estimate of drug-likeness (QED) is 0.716. The van der Waals surface area contributed by atoms with E-state index in [1.165, 1.54) is 6.07 Å². The first-order valence-electron chi connectivity index (χ1n) is 8.41. The molecule has 0 bridgehead atoms. The third-order valence-corrected chi connectivity index (χ3v) is 5.18. The Morgan fingerprint density at radius 3 is 2.55 bits per heavy atom. The molecule has 1 atom stereocenters. The van der Waals surface area contributed by atoms with Crippen LogP contribution in [0.3, 0.4) is 0 Å². The molecule has 2 aromatic carbocycles. The fourth-order valence-electron chi connectivity index (χ4n) is 2.54. The number of amides is 2. The van der Waals surface area contributed by atoms with E-state index in [-0.39, 0.29) is 12.1 Å². The van der Waals surface area contributed by atoms with Gasteiger partial charge in [-0.15, -0.1) is 11.8 Å². The SMILES string of the molecule is O=C(COC(=O)CC1Sc2ccc(C(F)(F)F)cc2NC1=O)Nc1ccccc1. The highest BCUT2D eigenvalue weighted by molar-refractivity contribution is 8.01. The van der Waals surface area contributed by atoms with E-state index in [2.05, 4.69) is 10.6 Å². The average molecular weight is 424 g/mol. The summed E-state index contributed by atoms with van der Waals surface area (Å²) in [4.78, 5) is 36.3. The number of esters is 1. The number of hydrogen-bond donors (Lipinski definition) is 2. The third kappa shape index (κ3) is 5.50. The number of halogens is 3. The molecule has 0 saturated carbocycles. The molecule has 1 unspecified atom stereocenters. The van der Waals surface area contributed by atoms with E-state index in [1.807, 2.05) is 0 Å². The lowest BCUT2D eigenvalue weighted by Gasteiger charge is -2.24. The van der Waals surface area contributed by atoms with Gasteiger partial charge in [0.2, 0.25) is 5.91 Å². The number of thioether (sulfide) groups is 1. The van der Waals surface area contributed by atoms with Crippen molar-refractivity contribution >= 4 is 40.9 Å². The van der Waals surface area contributed by atoms with Gasteiger partial charge in [0.1, 0.15) is 0 Å². The normalized spacial score (nSPS) is 15.8. The number of anilines is 2. The van der Waals surface area contributed by atoms with Crippen molar-refractivity contribution in [2.75, 3.05) is 17.2 Å². The van der Waals surface area contributed by atoms with Gasteiger partial charge in [0.05, 0.1) is 22.9 Å². The largest absolute Gasteiger partial charge is 0.456 e. The van der Waals surface area contributed by atoms with Crippen LogP contribution in [0.2, 0.25) is 0 Å². The second kappa shape index (κ2) is 8.56. The summed E-state index contributed by atoms with van der Waals surface area (Å²) in [5, 5.41) is 4.05. The number of rotatable bonds is 5. The molecule has 0 fully saturated rings. The summed E-state index contributed by atoms with van der Waals surface area (Å²) in [7, 11) is 0. The predicted octanol–water partition coefficient (Wildman–Crippen LogP) is 3.69. The van der Waals surface area contributed by atoms with E-state index in [0.29, 0.717) is 10.6 Å². The van der Waals surface area contributed by atoms with E-state index in [1.54, 1.807) is 30.3 Å². The van der Waals surface area contributed by atoms with Crippen LogP contribution in [0.5, 0.6) is 0 Å². The first kappa shape index (κ1) is 20.7. The molecule has 152 valence electrons. The van der Waals surface area contributed by atoms with Crippen molar-refractivity contribution in [1.29, 1.82) is 0 Å². The van der Waals surface area contributed by atoms with Crippen molar-refractivity contribution < 1.29 is 32.3 Å².